The van der Waals surface area contributed by atoms with Gasteiger partial charge in [-0.1, -0.05) is 30.3 Å². The summed E-state index contributed by atoms with van der Waals surface area (Å²) in [6, 6.07) is 16.7. The molecule has 0 atom stereocenters. The molecule has 0 spiro atoms. The van der Waals surface area contributed by atoms with Crippen LogP contribution in [0.5, 0.6) is 0 Å². The van der Waals surface area contributed by atoms with Crippen molar-refractivity contribution in [2.45, 2.75) is 19.0 Å². The van der Waals surface area contributed by atoms with Crippen LogP contribution in [0.1, 0.15) is 27.2 Å². The van der Waals surface area contributed by atoms with Crippen molar-refractivity contribution in [3.8, 4) is 11.1 Å². The third kappa shape index (κ3) is 5.19. The lowest BCUT2D eigenvalue weighted by Crippen LogP contribution is -2.30. The largest absolute Gasteiger partial charge is 0.416 e. The van der Waals surface area contributed by atoms with E-state index < -0.39 is 17.6 Å². The van der Waals surface area contributed by atoms with Crippen LogP contribution in [0.25, 0.3) is 11.1 Å². The average molecular weight is 523 g/mol. The second kappa shape index (κ2) is 9.70. The first-order valence-electron chi connectivity index (χ1n) is 11.4. The molecule has 0 aliphatic carbocycles. The second-order valence-corrected chi connectivity index (χ2v) is 9.46. The topological polar surface area (TPSA) is 88.3 Å². The summed E-state index contributed by atoms with van der Waals surface area (Å²) in [5, 5.41) is 5.02. The van der Waals surface area contributed by atoms with E-state index in [4.69, 9.17) is 5.73 Å². The number of anilines is 3. The Morgan fingerprint density at radius 2 is 1.86 bits per heavy atom. The van der Waals surface area contributed by atoms with E-state index in [2.05, 4.69) is 10.3 Å². The first-order chi connectivity index (χ1) is 17.7. The van der Waals surface area contributed by atoms with Gasteiger partial charge in [0.2, 0.25) is 5.91 Å². The molecule has 37 heavy (non-hydrogen) atoms. The Hall–Kier alpha value is -4.18. The van der Waals surface area contributed by atoms with Crippen LogP contribution in [0.15, 0.2) is 72.1 Å². The number of alkyl halides is 3. The number of thiazole rings is 1. The molecule has 0 radical (unpaired) electrons. The highest BCUT2D eigenvalue weighted by atomic mass is 32.1. The quantitative estimate of drug-likeness (QED) is 0.347. The first kappa shape index (κ1) is 24.5. The normalized spacial score (nSPS) is 12.9. The lowest BCUT2D eigenvalue weighted by molar-refractivity contribution is -0.137. The second-order valence-electron chi connectivity index (χ2n) is 8.57. The summed E-state index contributed by atoms with van der Waals surface area (Å²) in [7, 11) is 0. The zero-order valence-corrected chi connectivity index (χ0v) is 20.2. The molecule has 3 N–H and O–H groups in total. The monoisotopic (exact) mass is 522 g/mol. The summed E-state index contributed by atoms with van der Waals surface area (Å²) in [5.74, 6) is -0.532. The SMILES string of the molecule is Nc1nc(CC(=O)N2CCc3cc(NC(=O)c4ccccc4-c4cccc(C(F)(F)F)c4)ccc32)cs1. The van der Waals surface area contributed by atoms with Gasteiger partial charge >= 0.3 is 6.18 Å². The van der Waals surface area contributed by atoms with Crippen LogP contribution in [0.3, 0.4) is 0 Å². The maximum Gasteiger partial charge on any atom is 0.416 e. The van der Waals surface area contributed by atoms with Gasteiger partial charge < -0.3 is 16.0 Å². The Labute approximate surface area is 214 Å². The molecule has 5 rings (SSSR count). The van der Waals surface area contributed by atoms with Gasteiger partial charge in [-0.2, -0.15) is 13.2 Å². The Bertz CT molecular complexity index is 1500. The van der Waals surface area contributed by atoms with Crippen LogP contribution in [0.4, 0.5) is 29.7 Å². The summed E-state index contributed by atoms with van der Waals surface area (Å²) in [6.07, 6.45) is -3.71. The number of nitrogens with one attached hydrogen (secondary N) is 1. The zero-order chi connectivity index (χ0) is 26.2. The van der Waals surface area contributed by atoms with Crippen LogP contribution in [-0.2, 0) is 23.8 Å². The molecule has 1 aliphatic heterocycles. The molecule has 188 valence electrons. The van der Waals surface area contributed by atoms with Crippen molar-refractivity contribution < 1.29 is 22.8 Å². The number of nitrogen functional groups attached to an aromatic ring is 1. The fourth-order valence-corrected chi connectivity index (χ4v) is 4.95. The number of hydrogen-bond acceptors (Lipinski definition) is 5. The average Bonchev–Trinajstić information content (AvgIpc) is 3.49. The Balaban J connectivity index is 1.34. The minimum atomic E-state index is -4.49. The molecule has 2 heterocycles. The van der Waals surface area contributed by atoms with E-state index in [-0.39, 0.29) is 17.9 Å². The Morgan fingerprint density at radius 3 is 2.62 bits per heavy atom. The molecule has 2 amide bonds. The van der Waals surface area contributed by atoms with Gasteiger partial charge in [0.1, 0.15) is 0 Å². The Morgan fingerprint density at radius 1 is 1.05 bits per heavy atom. The third-order valence-corrected chi connectivity index (χ3v) is 6.83. The maximum atomic E-state index is 13.2. The number of amides is 2. The number of carbonyl (C=O) groups is 2. The summed E-state index contributed by atoms with van der Waals surface area (Å²) in [4.78, 5) is 31.8. The molecule has 0 fully saturated rings. The molecule has 0 bridgehead atoms. The number of carbonyl (C=O) groups excluding carboxylic acids is 2. The number of hydrogen-bond donors (Lipinski definition) is 2. The molecule has 1 aromatic heterocycles. The van der Waals surface area contributed by atoms with Gasteiger partial charge in [0.15, 0.2) is 5.13 Å². The van der Waals surface area contributed by atoms with Crippen LogP contribution >= 0.6 is 11.3 Å². The summed E-state index contributed by atoms with van der Waals surface area (Å²) >= 11 is 1.29. The van der Waals surface area contributed by atoms with E-state index in [0.717, 1.165) is 23.4 Å². The third-order valence-electron chi connectivity index (χ3n) is 6.11. The molecular weight excluding hydrogens is 501 g/mol. The van der Waals surface area contributed by atoms with Gasteiger partial charge in [-0.15, -0.1) is 11.3 Å². The van der Waals surface area contributed by atoms with Crippen molar-refractivity contribution in [1.82, 2.24) is 4.98 Å². The molecule has 6 nitrogen and oxygen atoms in total. The fraction of sp³-hybridized carbons (Fsp3) is 0.148. The van der Waals surface area contributed by atoms with Crippen LogP contribution in [0.2, 0.25) is 0 Å². The van der Waals surface area contributed by atoms with Crippen LogP contribution in [-0.4, -0.2) is 23.3 Å². The van der Waals surface area contributed by atoms with Gasteiger partial charge in [0.25, 0.3) is 5.91 Å². The van der Waals surface area contributed by atoms with Crippen LogP contribution in [0, 0.1) is 0 Å². The predicted molar refractivity (Wildman–Crippen MR) is 138 cm³/mol. The van der Waals surface area contributed by atoms with Crippen molar-refractivity contribution in [1.29, 1.82) is 0 Å². The standard InChI is InChI=1S/C27H21F3N4O2S/c28-27(29,30)18-5-3-4-16(12-18)21-6-1-2-7-22(21)25(36)32-19-8-9-23-17(13-19)10-11-34(23)24(35)14-20-15-37-26(31)33-20/h1-9,12-13,15H,10-11,14H2,(H2,31,33)(H,32,36). The van der Waals surface area contributed by atoms with Gasteiger partial charge in [-0.3, -0.25) is 9.59 Å². The van der Waals surface area contributed by atoms with Gasteiger partial charge in [0, 0.05) is 28.9 Å². The number of nitrogens with zero attached hydrogens (tertiary/aromatic N) is 2. The van der Waals surface area contributed by atoms with E-state index in [1.54, 1.807) is 52.7 Å². The first-order valence-corrected chi connectivity index (χ1v) is 12.3. The van der Waals surface area contributed by atoms with E-state index in [1.165, 1.54) is 17.4 Å². The van der Waals surface area contributed by atoms with Crippen molar-refractivity contribution in [3.63, 3.8) is 0 Å². The number of halogens is 3. The highest BCUT2D eigenvalue weighted by Gasteiger charge is 2.31. The van der Waals surface area contributed by atoms with Crippen molar-refractivity contribution >= 4 is 39.7 Å². The zero-order valence-electron chi connectivity index (χ0n) is 19.4. The Kier molecular flexibility index (Phi) is 6.43. The van der Waals surface area contributed by atoms with E-state index in [1.807, 2.05) is 6.07 Å². The molecule has 0 unspecified atom stereocenters. The summed E-state index contributed by atoms with van der Waals surface area (Å²) in [5.41, 5.74) is 8.66. The highest BCUT2D eigenvalue weighted by Crippen LogP contribution is 2.34. The molecule has 10 heteroatoms. The van der Waals surface area contributed by atoms with E-state index >= 15 is 0 Å². The predicted octanol–water partition coefficient (Wildman–Crippen LogP) is 5.80. The van der Waals surface area contributed by atoms with Crippen molar-refractivity contribution in [2.75, 3.05) is 22.5 Å². The van der Waals surface area contributed by atoms with Crippen LogP contribution < -0.4 is 16.0 Å². The molecule has 0 saturated heterocycles. The number of rotatable bonds is 5. The minimum Gasteiger partial charge on any atom is -0.375 e. The van der Waals surface area contributed by atoms with Crippen molar-refractivity contribution in [2.24, 2.45) is 0 Å². The fourth-order valence-electron chi connectivity index (χ4n) is 4.39. The van der Waals surface area contributed by atoms with E-state index in [0.29, 0.717) is 40.6 Å². The van der Waals surface area contributed by atoms with E-state index in [9.17, 15) is 22.8 Å². The molecule has 1 aliphatic rings. The number of nitrogens with two attached hydrogens (primary N) is 1. The molecule has 0 saturated carbocycles. The molecule has 4 aromatic rings. The smallest absolute Gasteiger partial charge is 0.375 e. The number of aromatic nitrogens is 1. The van der Waals surface area contributed by atoms with Gasteiger partial charge in [0.05, 0.1) is 17.7 Å². The number of benzene rings is 3. The summed E-state index contributed by atoms with van der Waals surface area (Å²) < 4.78 is 39.6. The lowest BCUT2D eigenvalue weighted by Gasteiger charge is -2.17. The molecular formula is C27H21F3N4O2S. The molecule has 3 aromatic carbocycles. The van der Waals surface area contributed by atoms with Crippen molar-refractivity contribution in [3.05, 3.63) is 94.5 Å². The minimum absolute atomic E-state index is 0.0872. The van der Waals surface area contributed by atoms with Gasteiger partial charge in [-0.25, -0.2) is 4.98 Å². The summed E-state index contributed by atoms with van der Waals surface area (Å²) in [6.45, 7) is 0.517. The lowest BCUT2D eigenvalue weighted by atomic mass is 9.97. The van der Waals surface area contributed by atoms with Gasteiger partial charge in [-0.05, 0) is 59.5 Å². The maximum absolute atomic E-state index is 13.2. The highest BCUT2D eigenvalue weighted by molar-refractivity contribution is 7.13. The number of fused-ring (bicyclic) bond motifs is 1.